The Hall–Kier alpha value is -1.40. The van der Waals surface area contributed by atoms with Crippen molar-refractivity contribution in [1.82, 2.24) is 9.97 Å². The summed E-state index contributed by atoms with van der Waals surface area (Å²) in [7, 11) is 0. The minimum Gasteiger partial charge on any atom is -0.481 e. The number of carbonyl (C=O) groups is 2. The maximum Gasteiger partial charge on any atom is 0.303 e. The average molecular weight is 292 g/mol. The van der Waals surface area contributed by atoms with Crippen LogP contribution in [0.3, 0.4) is 0 Å². The molecule has 1 aromatic heterocycles. The van der Waals surface area contributed by atoms with Gasteiger partial charge in [-0.15, -0.1) is 0 Å². The van der Waals surface area contributed by atoms with Crippen LogP contribution < -0.4 is 5.32 Å². The summed E-state index contributed by atoms with van der Waals surface area (Å²) in [4.78, 5) is 29.5. The zero-order chi connectivity index (χ0) is 13.7. The van der Waals surface area contributed by atoms with Gasteiger partial charge in [0.15, 0.2) is 10.3 Å². The summed E-state index contributed by atoms with van der Waals surface area (Å²) in [6.07, 6.45) is 1.14. The molecule has 0 spiro atoms. The molecule has 0 saturated heterocycles. The van der Waals surface area contributed by atoms with E-state index < -0.39 is 5.97 Å². The molecule has 0 radical (unpaired) electrons. The van der Waals surface area contributed by atoms with E-state index in [0.29, 0.717) is 0 Å². The average Bonchev–Trinajstić information content (AvgIpc) is 2.22. The SMILES string of the molecule is CC(CC(=O)O)CC(=O)Nc1c(Cl)ncnc1Cl. The number of halogens is 2. The number of carbonyl (C=O) groups excluding carboxylic acids is 1. The van der Waals surface area contributed by atoms with Crippen LogP contribution in [0, 0.1) is 5.92 Å². The minimum atomic E-state index is -0.950. The van der Waals surface area contributed by atoms with Gasteiger partial charge in [0.25, 0.3) is 0 Å². The summed E-state index contributed by atoms with van der Waals surface area (Å²) >= 11 is 11.5. The molecule has 1 heterocycles. The van der Waals surface area contributed by atoms with Gasteiger partial charge in [-0.25, -0.2) is 9.97 Å². The van der Waals surface area contributed by atoms with E-state index in [9.17, 15) is 9.59 Å². The van der Waals surface area contributed by atoms with Gasteiger partial charge in [0.2, 0.25) is 5.91 Å². The van der Waals surface area contributed by atoms with Crippen LogP contribution in [-0.4, -0.2) is 27.0 Å². The van der Waals surface area contributed by atoms with Gasteiger partial charge in [-0.2, -0.15) is 0 Å². The Morgan fingerprint density at radius 3 is 2.39 bits per heavy atom. The lowest BCUT2D eigenvalue weighted by Gasteiger charge is -2.10. The zero-order valence-electron chi connectivity index (χ0n) is 9.48. The van der Waals surface area contributed by atoms with Gasteiger partial charge in [0, 0.05) is 12.8 Å². The largest absolute Gasteiger partial charge is 0.481 e. The number of carboxylic acids is 1. The summed E-state index contributed by atoms with van der Waals surface area (Å²) in [5.74, 6) is -1.62. The molecule has 2 N–H and O–H groups in total. The predicted octanol–water partition coefficient (Wildman–Crippen LogP) is 2.22. The van der Waals surface area contributed by atoms with Crippen molar-refractivity contribution in [2.24, 2.45) is 5.92 Å². The van der Waals surface area contributed by atoms with Gasteiger partial charge in [-0.1, -0.05) is 30.1 Å². The van der Waals surface area contributed by atoms with Crippen LogP contribution in [0.5, 0.6) is 0 Å². The minimum absolute atomic E-state index is 0.0363. The Morgan fingerprint density at radius 2 is 1.89 bits per heavy atom. The van der Waals surface area contributed by atoms with E-state index in [1.165, 1.54) is 6.33 Å². The maximum atomic E-state index is 11.6. The Balaban J connectivity index is 2.62. The Kier molecular flexibility index (Phi) is 5.30. The molecule has 0 fully saturated rings. The van der Waals surface area contributed by atoms with E-state index in [1.807, 2.05) is 0 Å². The predicted molar refractivity (Wildman–Crippen MR) is 66.7 cm³/mol. The highest BCUT2D eigenvalue weighted by molar-refractivity contribution is 6.38. The summed E-state index contributed by atoms with van der Waals surface area (Å²) in [5.41, 5.74) is 0.133. The molecule has 0 saturated carbocycles. The lowest BCUT2D eigenvalue weighted by Crippen LogP contribution is -2.17. The van der Waals surface area contributed by atoms with E-state index in [4.69, 9.17) is 28.3 Å². The third-order valence-electron chi connectivity index (χ3n) is 2.08. The molecule has 1 atom stereocenters. The number of aliphatic carboxylic acids is 1. The number of rotatable bonds is 5. The third-order valence-corrected chi connectivity index (χ3v) is 2.65. The topological polar surface area (TPSA) is 92.2 Å². The number of hydrogen-bond acceptors (Lipinski definition) is 4. The van der Waals surface area contributed by atoms with Crippen molar-refractivity contribution in [1.29, 1.82) is 0 Å². The highest BCUT2D eigenvalue weighted by Gasteiger charge is 2.16. The van der Waals surface area contributed by atoms with E-state index in [0.717, 1.165) is 0 Å². The van der Waals surface area contributed by atoms with Crippen molar-refractivity contribution >= 4 is 40.8 Å². The van der Waals surface area contributed by atoms with Gasteiger partial charge in [-0.3, -0.25) is 9.59 Å². The first kappa shape index (κ1) is 14.7. The first-order valence-electron chi connectivity index (χ1n) is 5.07. The molecule has 0 aromatic carbocycles. The monoisotopic (exact) mass is 291 g/mol. The van der Waals surface area contributed by atoms with Crippen molar-refractivity contribution in [3.8, 4) is 0 Å². The number of nitrogens with one attached hydrogen (secondary N) is 1. The maximum absolute atomic E-state index is 11.6. The number of nitrogens with zero attached hydrogens (tertiary/aromatic N) is 2. The van der Waals surface area contributed by atoms with Crippen LogP contribution in [0.15, 0.2) is 6.33 Å². The number of hydrogen-bond donors (Lipinski definition) is 2. The van der Waals surface area contributed by atoms with E-state index in [-0.39, 0.29) is 40.7 Å². The Labute approximate surface area is 113 Å². The Morgan fingerprint density at radius 1 is 1.33 bits per heavy atom. The van der Waals surface area contributed by atoms with Crippen LogP contribution in [-0.2, 0) is 9.59 Å². The Bertz CT molecular complexity index is 447. The number of aromatic nitrogens is 2. The van der Waals surface area contributed by atoms with Crippen LogP contribution >= 0.6 is 23.2 Å². The molecule has 1 aromatic rings. The fraction of sp³-hybridized carbons (Fsp3) is 0.400. The molecule has 0 aliphatic rings. The lowest BCUT2D eigenvalue weighted by atomic mass is 10.0. The smallest absolute Gasteiger partial charge is 0.303 e. The van der Waals surface area contributed by atoms with Gasteiger partial charge in [-0.05, 0) is 5.92 Å². The van der Waals surface area contributed by atoms with Crippen LogP contribution in [0.25, 0.3) is 0 Å². The molecule has 6 nitrogen and oxygen atoms in total. The summed E-state index contributed by atoms with van der Waals surface area (Å²) in [6.45, 7) is 1.67. The second-order valence-corrected chi connectivity index (χ2v) is 4.50. The van der Waals surface area contributed by atoms with E-state index in [2.05, 4.69) is 15.3 Å². The van der Waals surface area contributed by atoms with Gasteiger partial charge in [0.1, 0.15) is 12.0 Å². The molecule has 1 amide bonds. The lowest BCUT2D eigenvalue weighted by molar-refractivity contribution is -0.138. The fourth-order valence-corrected chi connectivity index (χ4v) is 1.73. The molecule has 18 heavy (non-hydrogen) atoms. The highest BCUT2D eigenvalue weighted by atomic mass is 35.5. The van der Waals surface area contributed by atoms with Crippen molar-refractivity contribution < 1.29 is 14.7 Å². The first-order valence-corrected chi connectivity index (χ1v) is 5.83. The van der Waals surface area contributed by atoms with Crippen LogP contribution in [0.1, 0.15) is 19.8 Å². The molecular weight excluding hydrogens is 281 g/mol. The van der Waals surface area contributed by atoms with Gasteiger partial charge >= 0.3 is 5.97 Å². The van der Waals surface area contributed by atoms with Crippen molar-refractivity contribution in [2.45, 2.75) is 19.8 Å². The molecule has 1 unspecified atom stereocenters. The van der Waals surface area contributed by atoms with Gasteiger partial charge < -0.3 is 10.4 Å². The second kappa shape index (κ2) is 6.51. The number of amides is 1. The highest BCUT2D eigenvalue weighted by Crippen LogP contribution is 2.26. The second-order valence-electron chi connectivity index (χ2n) is 3.79. The van der Waals surface area contributed by atoms with Crippen LogP contribution in [0.4, 0.5) is 5.69 Å². The molecule has 8 heteroatoms. The molecule has 98 valence electrons. The van der Waals surface area contributed by atoms with Crippen LogP contribution in [0.2, 0.25) is 10.3 Å². The van der Waals surface area contributed by atoms with Gasteiger partial charge in [0.05, 0.1) is 0 Å². The third kappa shape index (κ3) is 4.46. The quantitative estimate of drug-likeness (QED) is 0.812. The number of carboxylic acid groups (broad SMARTS) is 1. The van der Waals surface area contributed by atoms with E-state index >= 15 is 0 Å². The first-order chi connectivity index (χ1) is 8.40. The zero-order valence-corrected chi connectivity index (χ0v) is 11.0. The van der Waals surface area contributed by atoms with Crippen molar-refractivity contribution in [2.75, 3.05) is 5.32 Å². The molecule has 0 aliphatic carbocycles. The van der Waals surface area contributed by atoms with Crippen molar-refractivity contribution in [3.63, 3.8) is 0 Å². The standard InChI is InChI=1S/C10H11Cl2N3O3/c1-5(3-7(17)18)2-6(16)15-8-9(11)13-4-14-10(8)12/h4-5H,2-3H2,1H3,(H,15,16)(H,17,18). The normalized spacial score (nSPS) is 11.9. The number of anilines is 1. The summed E-state index contributed by atoms with van der Waals surface area (Å²) < 4.78 is 0. The molecule has 0 bridgehead atoms. The fourth-order valence-electron chi connectivity index (χ4n) is 1.32. The molecule has 1 rings (SSSR count). The van der Waals surface area contributed by atoms with Crippen molar-refractivity contribution in [3.05, 3.63) is 16.6 Å². The van der Waals surface area contributed by atoms with E-state index in [1.54, 1.807) is 6.92 Å². The molecule has 0 aliphatic heterocycles. The molecular formula is C10H11Cl2N3O3. The summed E-state index contributed by atoms with van der Waals surface area (Å²) in [6, 6.07) is 0. The summed E-state index contributed by atoms with van der Waals surface area (Å²) in [5, 5.41) is 11.1.